The minimum Gasteiger partial charge on any atom is -0.497 e. The summed E-state index contributed by atoms with van der Waals surface area (Å²) in [5.41, 5.74) is -4.40. The van der Waals surface area contributed by atoms with Crippen molar-refractivity contribution in [2.45, 2.75) is 162 Å². The van der Waals surface area contributed by atoms with Gasteiger partial charge in [0.1, 0.15) is 143 Å². The fourth-order valence-electron chi connectivity index (χ4n) is 17.0. The molecule has 5 aliphatic heterocycles. The summed E-state index contributed by atoms with van der Waals surface area (Å²) in [6, 6.07) is 29.5. The number of para-hydroxylation sites is 1. The number of benzene rings is 5. The number of aliphatic hydroxyl groups excluding tert-OH is 15. The minimum absolute atomic E-state index is 0.0606. The van der Waals surface area contributed by atoms with Crippen LogP contribution in [0.2, 0.25) is 0 Å². The van der Waals surface area contributed by atoms with E-state index in [1.165, 1.54) is 65.4 Å². The Morgan fingerprint density at radius 2 is 0.588 bits per heavy atom. The second-order valence-electron chi connectivity index (χ2n) is 33.5. The molecule has 5 aliphatic rings. The first-order valence-electron chi connectivity index (χ1n) is 44.4. The normalized spacial score (nSPS) is 24.1. The van der Waals surface area contributed by atoms with Crippen LogP contribution >= 0.6 is 0 Å². The molecule has 0 aliphatic carbocycles. The topological polar surface area (TPSA) is 746 Å². The van der Waals surface area contributed by atoms with E-state index in [2.05, 4.69) is 30.5 Å². The van der Waals surface area contributed by atoms with Crippen molar-refractivity contribution < 1.29 is 160 Å². The van der Waals surface area contributed by atoms with Gasteiger partial charge in [0.15, 0.2) is 59.2 Å². The maximum Gasteiger partial charge on any atom is 0.573 e. The van der Waals surface area contributed by atoms with Gasteiger partial charge in [0.2, 0.25) is 5.58 Å². The first-order valence-corrected chi connectivity index (χ1v) is 44.4. The summed E-state index contributed by atoms with van der Waals surface area (Å²) in [5, 5.41) is 168. The zero-order valence-electron chi connectivity index (χ0n) is 77.3. The molecule has 10 aromatic heterocycles. The van der Waals surface area contributed by atoms with E-state index < -0.39 is 231 Å². The molecule has 15 N–H and O–H groups in total. The summed E-state index contributed by atoms with van der Waals surface area (Å²) >= 11 is 0. The Bertz CT molecular complexity index is 7890. The molecule has 5 aromatic carbocycles. The van der Waals surface area contributed by atoms with Crippen molar-refractivity contribution in [3.63, 3.8) is 0 Å². The van der Waals surface area contributed by atoms with Gasteiger partial charge in [-0.3, -0.25) is 69.6 Å². The maximum absolute atomic E-state index is 12.9. The average Bonchev–Trinajstić information content (AvgIpc) is 1.61. The molecule has 0 spiro atoms. The number of alkyl halides is 3. The van der Waals surface area contributed by atoms with Crippen LogP contribution in [0.4, 0.5) is 13.2 Å². The maximum atomic E-state index is 12.9. The molecule has 15 aromatic rings. The number of fused-ring (bicyclic) bond motifs is 5. The number of ether oxygens (including phenoxy) is 10. The molecule has 5 fully saturated rings. The summed E-state index contributed by atoms with van der Waals surface area (Å²) in [6.07, 6.45) is -25.4. The van der Waals surface area contributed by atoms with E-state index in [4.69, 9.17) is 65.2 Å². The molecule has 20 rings (SSSR count). The Hall–Kier alpha value is -15.2. The second-order valence-corrected chi connectivity index (χ2v) is 33.5. The highest BCUT2D eigenvalue weighted by atomic mass is 19.4. The monoisotopic (exact) mass is 2080 g/mol. The van der Waals surface area contributed by atoms with E-state index >= 15 is 0 Å². The van der Waals surface area contributed by atoms with E-state index in [0.29, 0.717) is 94.2 Å². The van der Waals surface area contributed by atoms with Crippen LogP contribution in [0.15, 0.2) is 223 Å². The van der Waals surface area contributed by atoms with E-state index in [9.17, 15) is 138 Å². The van der Waals surface area contributed by atoms with Gasteiger partial charge in [-0.05, 0) is 66.7 Å². The molecule has 0 saturated carbocycles. The molecule has 55 nitrogen and oxygen atoms in total. The van der Waals surface area contributed by atoms with Gasteiger partial charge in [-0.25, -0.2) is 24.0 Å². The number of halogens is 3. The van der Waals surface area contributed by atoms with Crippen LogP contribution in [0.1, 0.15) is 59.6 Å². The van der Waals surface area contributed by atoms with Crippen molar-refractivity contribution in [2.75, 3.05) is 61.5 Å². The minimum atomic E-state index is -5.00. The fourth-order valence-corrected chi connectivity index (χ4v) is 17.0. The van der Waals surface area contributed by atoms with Gasteiger partial charge in [0.25, 0.3) is 27.8 Å². The molecule has 788 valence electrons. The average molecular weight is 2080 g/mol. The van der Waals surface area contributed by atoms with Crippen LogP contribution < -0.4 is 79.9 Å². The summed E-state index contributed by atoms with van der Waals surface area (Å²) in [4.78, 5) is 126. The van der Waals surface area contributed by atoms with Crippen LogP contribution in [0.25, 0.3) is 54.8 Å². The van der Waals surface area contributed by atoms with Crippen molar-refractivity contribution in [3.8, 4) is 28.7 Å². The van der Waals surface area contributed by atoms with Crippen LogP contribution in [0.3, 0.4) is 0 Å². The summed E-state index contributed by atoms with van der Waals surface area (Å²) in [7, 11) is 5.99. The molecule has 0 amide bonds. The van der Waals surface area contributed by atoms with Crippen molar-refractivity contribution in [2.24, 2.45) is 0 Å². The van der Waals surface area contributed by atoms with E-state index in [1.54, 1.807) is 72.8 Å². The molecule has 5 unspecified atom stereocenters. The number of methoxy groups -OCH3 is 4. The number of aliphatic hydroxyl groups is 15. The Morgan fingerprint density at radius 3 is 0.932 bits per heavy atom. The van der Waals surface area contributed by atoms with Crippen LogP contribution in [-0.4, -0.2) is 307 Å². The molecular formula is C90H92F3N15O40. The molecule has 0 radical (unpaired) electrons. The van der Waals surface area contributed by atoms with E-state index in [1.807, 2.05) is 0 Å². The molecule has 148 heavy (non-hydrogen) atoms. The molecule has 20 atom stereocenters. The Labute approximate surface area is 819 Å². The predicted molar refractivity (Wildman–Crippen MR) is 488 cm³/mol. The van der Waals surface area contributed by atoms with E-state index in [0.717, 1.165) is 83.7 Å². The van der Waals surface area contributed by atoms with Crippen molar-refractivity contribution in [3.05, 3.63) is 285 Å². The van der Waals surface area contributed by atoms with Gasteiger partial charge in [0.05, 0.1) is 116 Å². The summed E-state index contributed by atoms with van der Waals surface area (Å²) in [5.74, 6) is 1.45. The Balaban J connectivity index is 0.000000132. The van der Waals surface area contributed by atoms with E-state index in [-0.39, 0.29) is 42.8 Å². The third kappa shape index (κ3) is 20.8. The first-order chi connectivity index (χ1) is 70.9. The molecular weight excluding hydrogens is 1990 g/mol. The summed E-state index contributed by atoms with van der Waals surface area (Å²) in [6.45, 7) is -4.10. The van der Waals surface area contributed by atoms with Crippen LogP contribution in [0, 0.1) is 0 Å². The van der Waals surface area contributed by atoms with Gasteiger partial charge < -0.3 is 147 Å². The van der Waals surface area contributed by atoms with Crippen molar-refractivity contribution >= 4 is 54.8 Å². The molecule has 58 heteroatoms. The van der Waals surface area contributed by atoms with Crippen LogP contribution in [0.5, 0.6) is 28.7 Å². The largest absolute Gasteiger partial charge is 0.573 e. The van der Waals surface area contributed by atoms with Gasteiger partial charge >= 0.3 is 34.8 Å². The molecule has 15 heterocycles. The zero-order valence-corrected chi connectivity index (χ0v) is 77.3. The lowest BCUT2D eigenvalue weighted by atomic mass is 10.1. The third-order valence-corrected chi connectivity index (χ3v) is 24.7. The lowest BCUT2D eigenvalue weighted by molar-refractivity contribution is -0.274. The Morgan fingerprint density at radius 1 is 0.297 bits per heavy atom. The number of nitrogens with zero attached hydrogens (tertiary/aromatic N) is 15. The highest BCUT2D eigenvalue weighted by molar-refractivity contribution is 5.88. The SMILES string of the molecule is COc1ccc2c(Cn3c(=O)ccn([C@@H]4O[C@H](CO)[C@H](O)C4O)c3=O)noc2c1.COc1ccc2onc(Cn3c(=O)ccn([C@@H]4O[C@H](CO)[C@H](O)C4O)c3=O)c2c1.COc1cccc2c(Cn3c(=O)ccn([C@@H]4O[C@H](CO)[C@H](O)C4O)c3=O)noc12.COc1cccc2onc(Cn3c(=O)ccn([C@@H]4O[C@H](CO)[C@H](O)C4O)c3=O)c12.O=c1ccn([C@@H]2O[C@H](CO)[C@H](O)C2O)c(=O)n1Cc1noc2cccc(OC(F)(F)F)c12. The van der Waals surface area contributed by atoms with Crippen molar-refractivity contribution in [1.82, 2.24) is 71.5 Å². The van der Waals surface area contributed by atoms with Gasteiger partial charge in [-0.1, -0.05) is 44.0 Å². The fraction of sp³-hybridized carbons (Fsp3) is 0.389. The quantitative estimate of drug-likeness (QED) is 0.0255. The third-order valence-electron chi connectivity index (χ3n) is 24.7. The lowest BCUT2D eigenvalue weighted by Gasteiger charge is -2.18. The van der Waals surface area contributed by atoms with Crippen LogP contribution in [-0.2, 0) is 56.4 Å². The number of hydrogen-bond acceptors (Lipinski definition) is 45. The highest BCUT2D eigenvalue weighted by Gasteiger charge is 2.49. The smallest absolute Gasteiger partial charge is 0.497 e. The molecule has 5 saturated heterocycles. The lowest BCUT2D eigenvalue weighted by Crippen LogP contribution is -2.43. The number of rotatable bonds is 25. The first kappa shape index (κ1) is 106. The highest BCUT2D eigenvalue weighted by Crippen LogP contribution is 2.38. The van der Waals surface area contributed by atoms with Gasteiger partial charge in [-0.2, -0.15) is 0 Å². The summed E-state index contributed by atoms with van der Waals surface area (Å²) < 4.78 is 125. The van der Waals surface area contributed by atoms with Gasteiger partial charge in [-0.15, -0.1) is 13.2 Å². The zero-order chi connectivity index (χ0) is 106. The van der Waals surface area contributed by atoms with Gasteiger partial charge in [0, 0.05) is 72.8 Å². The Kier molecular flexibility index (Phi) is 31.6. The number of hydrogen-bond donors (Lipinski definition) is 15. The second kappa shape index (κ2) is 44.3. The molecule has 0 bridgehead atoms. The van der Waals surface area contributed by atoms with Crippen molar-refractivity contribution in [1.29, 1.82) is 0 Å². The predicted octanol–water partition coefficient (Wildman–Crippen LogP) is -5.01. The number of aromatic nitrogens is 15. The standard InChI is InChI=1S/C18H16F3N3O8.4C18H19N3O8/c19-18(20,21)31-9-2-1-3-10-13(9)8(22-32-10)6-24-12(26)4-5-23(17(24)29)16-15(28)14(27)11(7-25)30-16;1-27-9-2-3-12-10(6-9)11(19-29-12)7-21-14(23)4-5-20(18(21)26)17-16(25)15(24)13(8-22)28-17;1-27-9-2-3-10-11(19-29-12(10)6-9)7-21-14(23)4-5-20(18(21)26)17-16(25)15(24)13(8-22)28-17;1-27-10-3-2-4-11-14(10)9(19-29-11)7-21-13(23)5-6-20(18(21)26)17-16(25)15(24)12(8-22)28-17;1-27-11-4-2-3-9-10(19-29-16(9)11)7-21-13(23)5-6-20(18(21)26)17-15(25)14(24)12(8-22)28-17/h1-5,11,14-16,25,27-28H,6-7H2;2*2-6,13,15-17,22,24-25H,7-8H2,1H3;2-6,12,15-17,22,24-25H,7-8H2,1H3;2-6,12,14-15,17,22,24-25H,7-8H2,1H3/t11-,14+,15?,16-;2*13-,15+,16?,17-;12-,15+,16?,17-;12-,14+,15?,17-/m11111/s1.